The number of carboxylic acid groups (broad SMARTS) is 2. The molecule has 0 aromatic heterocycles. The van der Waals surface area contributed by atoms with Crippen LogP contribution in [0.4, 0.5) is 0 Å². The number of carbonyl (C=O) groups is 2. The summed E-state index contributed by atoms with van der Waals surface area (Å²) >= 11 is 0. The van der Waals surface area contributed by atoms with Gasteiger partial charge < -0.3 is 10.2 Å². The summed E-state index contributed by atoms with van der Waals surface area (Å²) in [5.41, 5.74) is 0. The van der Waals surface area contributed by atoms with E-state index in [1.807, 2.05) is 6.92 Å². The maximum atomic E-state index is 11.2. The Balaban J connectivity index is 4.30. The van der Waals surface area contributed by atoms with Crippen molar-refractivity contribution in [1.29, 1.82) is 0 Å². The van der Waals surface area contributed by atoms with E-state index in [9.17, 15) is 14.7 Å². The highest BCUT2D eigenvalue weighted by Crippen LogP contribution is 2.25. The van der Waals surface area contributed by atoms with Crippen molar-refractivity contribution in [2.24, 2.45) is 11.8 Å². The van der Waals surface area contributed by atoms with E-state index in [-0.39, 0.29) is 18.3 Å². The van der Waals surface area contributed by atoms with E-state index in [1.54, 1.807) is 0 Å². The van der Waals surface area contributed by atoms with Gasteiger partial charge in [-0.1, -0.05) is 46.0 Å². The van der Waals surface area contributed by atoms with Crippen molar-refractivity contribution >= 4 is 11.9 Å². The van der Waals surface area contributed by atoms with Crippen LogP contribution in [0.25, 0.3) is 0 Å². The van der Waals surface area contributed by atoms with Crippen LogP contribution in [-0.4, -0.2) is 22.2 Å². The Morgan fingerprint density at radius 1 is 1.00 bits per heavy atom. The number of rotatable bonds is 11. The predicted molar refractivity (Wildman–Crippen MR) is 70.5 cm³/mol. The van der Waals surface area contributed by atoms with Crippen LogP contribution in [0.2, 0.25) is 0 Å². The summed E-state index contributed by atoms with van der Waals surface area (Å²) in [5, 5.41) is 18.0. The van der Waals surface area contributed by atoms with Gasteiger partial charge in [0.15, 0.2) is 0 Å². The van der Waals surface area contributed by atoms with Gasteiger partial charge in [0, 0.05) is 6.42 Å². The lowest BCUT2D eigenvalue weighted by Gasteiger charge is -2.19. The minimum Gasteiger partial charge on any atom is -0.481 e. The predicted octanol–water partition coefficient (Wildman–Crippen LogP) is 3.55. The molecule has 0 heterocycles. The molecule has 0 aliphatic heterocycles. The van der Waals surface area contributed by atoms with Gasteiger partial charge in [-0.15, -0.1) is 0 Å². The van der Waals surface area contributed by atoms with Crippen LogP contribution >= 0.6 is 0 Å². The van der Waals surface area contributed by atoms with Crippen LogP contribution in [0, 0.1) is 11.8 Å². The normalized spacial score (nSPS) is 14.1. The lowest BCUT2D eigenvalue weighted by Crippen LogP contribution is -2.20. The maximum absolute atomic E-state index is 11.2. The molecule has 18 heavy (non-hydrogen) atoms. The molecule has 0 saturated heterocycles. The molecule has 0 rings (SSSR count). The van der Waals surface area contributed by atoms with Gasteiger partial charge in [-0.2, -0.15) is 0 Å². The molecule has 0 saturated carbocycles. The lowest BCUT2D eigenvalue weighted by molar-refractivity contribution is -0.144. The third-order valence-corrected chi connectivity index (χ3v) is 3.28. The summed E-state index contributed by atoms with van der Waals surface area (Å²) in [7, 11) is 0. The Bertz CT molecular complexity index is 250. The zero-order valence-electron chi connectivity index (χ0n) is 11.5. The van der Waals surface area contributed by atoms with E-state index in [4.69, 9.17) is 5.11 Å². The molecule has 0 spiro atoms. The Morgan fingerprint density at radius 2 is 1.67 bits per heavy atom. The minimum atomic E-state index is -0.828. The van der Waals surface area contributed by atoms with Crippen LogP contribution in [0.5, 0.6) is 0 Å². The van der Waals surface area contributed by atoms with Crippen LogP contribution in [0.15, 0.2) is 0 Å². The molecule has 0 amide bonds. The van der Waals surface area contributed by atoms with E-state index in [1.165, 1.54) is 0 Å². The molecule has 4 nitrogen and oxygen atoms in total. The minimum absolute atomic E-state index is 0.00442. The van der Waals surface area contributed by atoms with Gasteiger partial charge in [0.05, 0.1) is 5.92 Å². The molecule has 106 valence electrons. The van der Waals surface area contributed by atoms with Crippen molar-refractivity contribution in [3.8, 4) is 0 Å². The first kappa shape index (κ1) is 16.9. The van der Waals surface area contributed by atoms with E-state index in [0.717, 1.165) is 32.1 Å². The van der Waals surface area contributed by atoms with Crippen molar-refractivity contribution in [3.05, 3.63) is 0 Å². The van der Waals surface area contributed by atoms with Crippen molar-refractivity contribution in [3.63, 3.8) is 0 Å². The highest BCUT2D eigenvalue weighted by molar-refractivity contribution is 5.70. The van der Waals surface area contributed by atoms with Gasteiger partial charge in [0.25, 0.3) is 0 Å². The van der Waals surface area contributed by atoms with E-state index in [0.29, 0.717) is 12.8 Å². The van der Waals surface area contributed by atoms with Gasteiger partial charge in [-0.3, -0.25) is 9.59 Å². The summed E-state index contributed by atoms with van der Waals surface area (Å²) in [6.07, 6.45) is 5.98. The fraction of sp³-hybridized carbons (Fsp3) is 0.857. The molecule has 0 bridgehead atoms. The van der Waals surface area contributed by atoms with Crippen molar-refractivity contribution in [2.75, 3.05) is 0 Å². The van der Waals surface area contributed by atoms with Gasteiger partial charge >= 0.3 is 11.9 Å². The average molecular weight is 258 g/mol. The Labute approximate surface area is 109 Å². The Kier molecular flexibility index (Phi) is 9.33. The third-order valence-electron chi connectivity index (χ3n) is 3.28. The second kappa shape index (κ2) is 9.92. The van der Waals surface area contributed by atoms with Gasteiger partial charge in [-0.25, -0.2) is 0 Å². The van der Waals surface area contributed by atoms with Crippen LogP contribution in [0.1, 0.15) is 65.2 Å². The first-order chi connectivity index (χ1) is 8.51. The van der Waals surface area contributed by atoms with E-state index < -0.39 is 11.9 Å². The molecule has 0 aliphatic carbocycles. The molecule has 2 unspecified atom stereocenters. The molecule has 2 N–H and O–H groups in total. The summed E-state index contributed by atoms with van der Waals surface area (Å²) in [6.45, 7) is 4.09. The molecule has 0 aromatic carbocycles. The molecule has 0 aromatic rings. The average Bonchev–Trinajstić information content (AvgIpc) is 2.27. The zero-order chi connectivity index (χ0) is 14.0. The summed E-state index contributed by atoms with van der Waals surface area (Å²) in [4.78, 5) is 21.9. The second-order valence-electron chi connectivity index (χ2n) is 5.02. The quantitative estimate of drug-likeness (QED) is 0.556. The summed E-state index contributed by atoms with van der Waals surface area (Å²) < 4.78 is 0. The Morgan fingerprint density at radius 3 is 2.11 bits per heavy atom. The standard InChI is InChI=1S/C14H26O4/c1-3-5-6-8-12(14(17)18)9-11(7-4-2)10-13(15)16/h11-12H,3-10H2,1-2H3,(H,15,16)(H,17,18). The zero-order valence-corrected chi connectivity index (χ0v) is 11.5. The van der Waals surface area contributed by atoms with Crippen LogP contribution < -0.4 is 0 Å². The Hall–Kier alpha value is -1.06. The third kappa shape index (κ3) is 8.09. The highest BCUT2D eigenvalue weighted by atomic mass is 16.4. The number of hydrogen-bond donors (Lipinski definition) is 2. The molecular weight excluding hydrogens is 232 g/mol. The summed E-state index contributed by atoms with van der Waals surface area (Å²) in [6, 6.07) is 0. The molecule has 0 aliphatic rings. The molecule has 0 fully saturated rings. The smallest absolute Gasteiger partial charge is 0.306 e. The van der Waals surface area contributed by atoms with Crippen LogP contribution in [0.3, 0.4) is 0 Å². The number of unbranched alkanes of at least 4 members (excludes halogenated alkanes) is 2. The fourth-order valence-electron chi connectivity index (χ4n) is 2.34. The van der Waals surface area contributed by atoms with E-state index >= 15 is 0 Å². The molecule has 2 atom stereocenters. The number of hydrogen-bond acceptors (Lipinski definition) is 2. The topological polar surface area (TPSA) is 74.6 Å². The molecular formula is C14H26O4. The molecule has 0 radical (unpaired) electrons. The van der Waals surface area contributed by atoms with Crippen molar-refractivity contribution < 1.29 is 19.8 Å². The first-order valence-corrected chi connectivity index (χ1v) is 6.95. The van der Waals surface area contributed by atoms with E-state index in [2.05, 4.69) is 6.92 Å². The fourth-order valence-corrected chi connectivity index (χ4v) is 2.34. The van der Waals surface area contributed by atoms with Gasteiger partial charge in [0.1, 0.15) is 0 Å². The van der Waals surface area contributed by atoms with Gasteiger partial charge in [0.2, 0.25) is 0 Å². The van der Waals surface area contributed by atoms with Gasteiger partial charge in [-0.05, 0) is 18.8 Å². The van der Waals surface area contributed by atoms with Crippen molar-refractivity contribution in [1.82, 2.24) is 0 Å². The monoisotopic (exact) mass is 258 g/mol. The van der Waals surface area contributed by atoms with Crippen molar-refractivity contribution in [2.45, 2.75) is 65.2 Å². The molecule has 4 heteroatoms. The number of aliphatic carboxylic acids is 2. The van der Waals surface area contributed by atoms with Crippen LogP contribution in [-0.2, 0) is 9.59 Å². The maximum Gasteiger partial charge on any atom is 0.306 e. The SMILES string of the molecule is CCCCCC(CC(CCC)CC(=O)O)C(=O)O. The lowest BCUT2D eigenvalue weighted by atomic mass is 9.86. The number of carboxylic acids is 2. The summed E-state index contributed by atoms with van der Waals surface area (Å²) in [5.74, 6) is -1.99. The second-order valence-corrected chi connectivity index (χ2v) is 5.02. The highest BCUT2D eigenvalue weighted by Gasteiger charge is 2.23. The first-order valence-electron chi connectivity index (χ1n) is 6.95. The largest absolute Gasteiger partial charge is 0.481 e.